The Morgan fingerprint density at radius 2 is 2.10 bits per heavy atom. The van der Waals surface area contributed by atoms with Crippen molar-refractivity contribution >= 4 is 12.0 Å². The van der Waals surface area contributed by atoms with Crippen LogP contribution in [-0.4, -0.2) is 33.2 Å². The topological polar surface area (TPSA) is 61.9 Å². The molecule has 1 amide bonds. The summed E-state index contributed by atoms with van der Waals surface area (Å²) in [5, 5.41) is 13.6. The number of hydrogen-bond donors (Lipinski definition) is 0. The average molecular weight is 404 g/mol. The van der Waals surface area contributed by atoms with E-state index in [1.54, 1.807) is 12.1 Å². The lowest BCUT2D eigenvalue weighted by Crippen LogP contribution is -2.44. The van der Waals surface area contributed by atoms with E-state index in [9.17, 15) is 9.18 Å². The van der Waals surface area contributed by atoms with Crippen molar-refractivity contribution in [3.05, 3.63) is 53.1 Å². The van der Waals surface area contributed by atoms with E-state index in [0.717, 1.165) is 49.0 Å². The number of carbonyl (C=O) groups is 1. The molecule has 30 heavy (non-hydrogen) atoms. The zero-order valence-corrected chi connectivity index (χ0v) is 17.1. The van der Waals surface area contributed by atoms with Gasteiger partial charge in [-0.25, -0.2) is 9.07 Å². The van der Waals surface area contributed by atoms with E-state index >= 15 is 0 Å². The molecule has 0 aliphatic heterocycles. The minimum atomic E-state index is -0.264. The summed E-state index contributed by atoms with van der Waals surface area (Å²) in [4.78, 5) is 15.5. The molecule has 6 heteroatoms. The Labute approximate surface area is 175 Å². The Morgan fingerprint density at radius 1 is 1.33 bits per heavy atom. The van der Waals surface area contributed by atoms with Crippen LogP contribution in [0.1, 0.15) is 50.3 Å². The second kappa shape index (κ2) is 7.09. The standard InChI is InChI=1S/C24H25FN4O/c1-24-14-16-15-27-29(20-6-4-18(25)5-7-20)22(16)13-17(24)3-10-21(24)23(30)28(12-2-11-26)19-8-9-19/h4-7,13,15,19,21H,2-3,8-10,12,14H2,1H3/t21-,24+/m1/s1. The van der Waals surface area contributed by atoms with Gasteiger partial charge in [0, 0.05) is 23.9 Å². The van der Waals surface area contributed by atoms with E-state index < -0.39 is 0 Å². The number of rotatable bonds is 5. The first-order valence-electron chi connectivity index (χ1n) is 10.7. The van der Waals surface area contributed by atoms with Crippen molar-refractivity contribution in [2.24, 2.45) is 11.3 Å². The molecular formula is C24H25FN4O. The predicted molar refractivity (Wildman–Crippen MR) is 111 cm³/mol. The fraction of sp³-hybridized carbons (Fsp3) is 0.458. The molecule has 5 nitrogen and oxygen atoms in total. The summed E-state index contributed by atoms with van der Waals surface area (Å²) in [6.07, 6.45) is 9.11. The zero-order valence-electron chi connectivity index (χ0n) is 17.1. The molecule has 3 aliphatic rings. The van der Waals surface area contributed by atoms with Crippen molar-refractivity contribution in [2.45, 2.75) is 51.5 Å². The second-order valence-corrected chi connectivity index (χ2v) is 8.97. The van der Waals surface area contributed by atoms with Gasteiger partial charge < -0.3 is 4.90 Å². The minimum absolute atomic E-state index is 0.0506. The summed E-state index contributed by atoms with van der Waals surface area (Å²) in [7, 11) is 0. The quantitative estimate of drug-likeness (QED) is 0.748. The lowest BCUT2D eigenvalue weighted by atomic mass is 9.69. The molecule has 154 valence electrons. The van der Waals surface area contributed by atoms with Crippen LogP contribution in [0.25, 0.3) is 11.8 Å². The second-order valence-electron chi connectivity index (χ2n) is 8.97. The molecule has 2 aromatic rings. The summed E-state index contributed by atoms with van der Waals surface area (Å²) in [6.45, 7) is 2.75. The largest absolute Gasteiger partial charge is 0.338 e. The molecule has 2 saturated carbocycles. The van der Waals surface area contributed by atoms with E-state index in [4.69, 9.17) is 5.26 Å². The van der Waals surface area contributed by atoms with Crippen LogP contribution >= 0.6 is 0 Å². The first kappa shape index (κ1) is 19.0. The van der Waals surface area contributed by atoms with Gasteiger partial charge in [-0.1, -0.05) is 12.5 Å². The average Bonchev–Trinajstić information content (AvgIpc) is 3.41. The number of halogens is 1. The highest BCUT2D eigenvalue weighted by atomic mass is 19.1. The SMILES string of the molecule is C[C@]12Cc3cnn(-c4ccc(F)cc4)c3C=C1CC[C@@H]2C(=O)N(CCC#N)C1CC1. The first-order chi connectivity index (χ1) is 14.5. The third-order valence-corrected chi connectivity index (χ3v) is 7.06. The molecule has 0 saturated heterocycles. The highest BCUT2D eigenvalue weighted by molar-refractivity contribution is 5.83. The Hall–Kier alpha value is -2.94. The van der Waals surface area contributed by atoms with Crippen molar-refractivity contribution in [3.63, 3.8) is 0 Å². The Balaban J connectivity index is 1.44. The van der Waals surface area contributed by atoms with Gasteiger partial charge in [0.2, 0.25) is 5.91 Å². The number of hydrogen-bond acceptors (Lipinski definition) is 3. The molecule has 0 spiro atoms. The van der Waals surface area contributed by atoms with E-state index in [1.165, 1.54) is 17.7 Å². The molecular weight excluding hydrogens is 379 g/mol. The number of nitrogens with zero attached hydrogens (tertiary/aromatic N) is 4. The number of nitriles is 1. The van der Waals surface area contributed by atoms with Crippen molar-refractivity contribution < 1.29 is 9.18 Å². The normalized spacial score (nSPS) is 24.6. The van der Waals surface area contributed by atoms with Gasteiger partial charge in [0.25, 0.3) is 0 Å². The summed E-state index contributed by atoms with van der Waals surface area (Å²) >= 11 is 0. The number of benzene rings is 1. The van der Waals surface area contributed by atoms with Gasteiger partial charge in [0.05, 0.1) is 30.1 Å². The molecule has 1 aromatic heterocycles. The monoisotopic (exact) mass is 404 g/mol. The molecule has 2 atom stereocenters. The number of allylic oxidation sites excluding steroid dienone is 1. The summed E-state index contributed by atoms with van der Waals surface area (Å²) in [5.41, 5.74) is 4.08. The molecule has 1 heterocycles. The molecule has 0 unspecified atom stereocenters. The van der Waals surface area contributed by atoms with Gasteiger partial charge in [-0.2, -0.15) is 10.4 Å². The smallest absolute Gasteiger partial charge is 0.226 e. The van der Waals surface area contributed by atoms with E-state index in [2.05, 4.69) is 24.2 Å². The van der Waals surface area contributed by atoms with Gasteiger partial charge in [-0.05, 0) is 68.0 Å². The van der Waals surface area contributed by atoms with Crippen molar-refractivity contribution in [2.75, 3.05) is 6.54 Å². The fourth-order valence-electron chi connectivity index (χ4n) is 5.26. The Morgan fingerprint density at radius 3 is 2.80 bits per heavy atom. The van der Waals surface area contributed by atoms with E-state index in [0.29, 0.717) is 19.0 Å². The number of carbonyl (C=O) groups excluding carboxylic acids is 1. The van der Waals surface area contributed by atoms with Crippen molar-refractivity contribution in [1.29, 1.82) is 5.26 Å². The molecule has 0 radical (unpaired) electrons. The van der Waals surface area contributed by atoms with Gasteiger partial charge in [0.1, 0.15) is 5.82 Å². The van der Waals surface area contributed by atoms with Crippen LogP contribution in [0.4, 0.5) is 4.39 Å². The van der Waals surface area contributed by atoms with Crippen LogP contribution in [0.3, 0.4) is 0 Å². The van der Waals surface area contributed by atoms with Gasteiger partial charge in [0.15, 0.2) is 0 Å². The van der Waals surface area contributed by atoms with Crippen LogP contribution in [0.5, 0.6) is 0 Å². The van der Waals surface area contributed by atoms with Crippen LogP contribution in [0.15, 0.2) is 36.0 Å². The molecule has 5 rings (SSSR count). The predicted octanol–water partition coefficient (Wildman–Crippen LogP) is 4.27. The molecule has 2 fully saturated rings. The molecule has 3 aliphatic carbocycles. The Kier molecular flexibility index (Phi) is 4.50. The maximum atomic E-state index is 13.5. The summed E-state index contributed by atoms with van der Waals surface area (Å²) < 4.78 is 15.2. The van der Waals surface area contributed by atoms with Crippen LogP contribution in [0, 0.1) is 28.5 Å². The van der Waals surface area contributed by atoms with Gasteiger partial charge >= 0.3 is 0 Å². The molecule has 0 bridgehead atoms. The minimum Gasteiger partial charge on any atom is -0.338 e. The van der Waals surface area contributed by atoms with E-state index in [1.807, 2.05) is 15.8 Å². The highest BCUT2D eigenvalue weighted by Gasteiger charge is 2.51. The third-order valence-electron chi connectivity index (χ3n) is 7.06. The highest BCUT2D eigenvalue weighted by Crippen LogP contribution is 2.54. The zero-order chi connectivity index (χ0) is 20.9. The number of amides is 1. The first-order valence-corrected chi connectivity index (χ1v) is 10.7. The van der Waals surface area contributed by atoms with Gasteiger partial charge in [-0.3, -0.25) is 4.79 Å². The van der Waals surface area contributed by atoms with Crippen molar-refractivity contribution in [3.8, 4) is 11.8 Å². The fourth-order valence-corrected chi connectivity index (χ4v) is 5.26. The lowest BCUT2D eigenvalue weighted by Gasteiger charge is -2.37. The molecule has 1 aromatic carbocycles. The maximum absolute atomic E-state index is 13.5. The summed E-state index contributed by atoms with van der Waals surface area (Å²) in [5.74, 6) is -0.0992. The van der Waals surface area contributed by atoms with Crippen LogP contribution in [-0.2, 0) is 11.2 Å². The maximum Gasteiger partial charge on any atom is 0.226 e. The summed E-state index contributed by atoms with van der Waals surface area (Å²) in [6, 6.07) is 8.87. The third kappa shape index (κ3) is 3.04. The van der Waals surface area contributed by atoms with E-state index in [-0.39, 0.29) is 23.1 Å². The lowest BCUT2D eigenvalue weighted by molar-refractivity contribution is -0.138. The van der Waals surface area contributed by atoms with Gasteiger partial charge in [-0.15, -0.1) is 0 Å². The van der Waals surface area contributed by atoms with Crippen molar-refractivity contribution in [1.82, 2.24) is 14.7 Å². The number of aromatic nitrogens is 2. The van der Waals surface area contributed by atoms with Crippen LogP contribution in [0.2, 0.25) is 0 Å². The Bertz CT molecular complexity index is 1060. The molecule has 0 N–H and O–H groups in total. The van der Waals surface area contributed by atoms with Crippen LogP contribution < -0.4 is 0 Å². The number of fused-ring (bicyclic) bond motifs is 2.